The molecule has 0 spiro atoms. The molecular weight excluding hydrogens is 154 g/mol. The van der Waals surface area contributed by atoms with E-state index in [4.69, 9.17) is 2.84 Å². The largest absolute Gasteiger partial charge is 0.644 e. The van der Waals surface area contributed by atoms with Gasteiger partial charge in [-0.25, -0.2) is 0 Å². The fourth-order valence-corrected chi connectivity index (χ4v) is 2.89. The molecule has 0 rings (SSSR count). The lowest BCUT2D eigenvalue weighted by molar-refractivity contribution is 0.280. The van der Waals surface area contributed by atoms with Crippen LogP contribution >= 0.6 is 0 Å². The predicted octanol–water partition coefficient (Wildman–Crippen LogP) is 1.00. The predicted molar refractivity (Wildman–Crippen MR) is 50.2 cm³/mol. The minimum atomic E-state index is -0.144. The molecule has 1 atom stereocenters. The molecular formula is C7H18Al2O. The van der Waals surface area contributed by atoms with Crippen molar-refractivity contribution >= 4 is 32.2 Å². The average Bonchev–Trinajstić information content (AvgIpc) is 1.80. The molecule has 0 amide bonds. The molecule has 10 heavy (non-hydrogen) atoms. The van der Waals surface area contributed by atoms with Crippen molar-refractivity contribution in [2.24, 2.45) is 11.3 Å². The molecule has 1 unspecified atom stereocenters. The summed E-state index contributed by atoms with van der Waals surface area (Å²) in [5.41, 5.74) is 0.479. The molecule has 0 aliphatic rings. The van der Waals surface area contributed by atoms with Crippen LogP contribution in [0.15, 0.2) is 0 Å². The zero-order valence-electron chi connectivity index (χ0n) is 7.90. The van der Waals surface area contributed by atoms with Crippen molar-refractivity contribution in [3.05, 3.63) is 0 Å². The van der Waals surface area contributed by atoms with E-state index in [1.54, 1.807) is 0 Å². The molecule has 0 N–H and O–H groups in total. The summed E-state index contributed by atoms with van der Waals surface area (Å²) in [6, 6.07) is 0. The van der Waals surface area contributed by atoms with E-state index in [-0.39, 0.29) is 15.6 Å². The van der Waals surface area contributed by atoms with Crippen molar-refractivity contribution in [3.63, 3.8) is 0 Å². The molecule has 0 aromatic heterocycles. The van der Waals surface area contributed by atoms with Gasteiger partial charge in [0.15, 0.2) is 0 Å². The highest BCUT2D eigenvalue weighted by molar-refractivity contribution is 6.34. The highest BCUT2D eigenvalue weighted by Crippen LogP contribution is 2.27. The van der Waals surface area contributed by atoms with Gasteiger partial charge in [0.1, 0.15) is 0 Å². The lowest BCUT2D eigenvalue weighted by Crippen LogP contribution is -2.19. The van der Waals surface area contributed by atoms with Crippen LogP contribution < -0.4 is 0 Å². The Morgan fingerprint density at radius 3 is 2.30 bits per heavy atom. The van der Waals surface area contributed by atoms with E-state index in [1.807, 2.05) is 0 Å². The lowest BCUT2D eigenvalue weighted by atomic mass is 9.83. The third-order valence-electron chi connectivity index (χ3n) is 2.23. The molecule has 0 aliphatic carbocycles. The Labute approximate surface area is 79.3 Å². The zero-order chi connectivity index (χ0) is 8.20. The quantitative estimate of drug-likeness (QED) is 0.577. The summed E-state index contributed by atoms with van der Waals surface area (Å²) in [4.78, 5) is 0. The van der Waals surface area contributed by atoms with Crippen LogP contribution in [0.3, 0.4) is 0 Å². The fraction of sp³-hybridized carbons (Fsp3) is 1.00. The SMILES string of the molecule is CC([CH2][AlH][O][AlH2])C(C)(C)C. The maximum atomic E-state index is 5.29. The molecule has 0 radical (unpaired) electrons. The molecule has 0 aromatic rings. The van der Waals surface area contributed by atoms with E-state index in [0.29, 0.717) is 5.41 Å². The van der Waals surface area contributed by atoms with Crippen LogP contribution in [0.1, 0.15) is 27.7 Å². The van der Waals surface area contributed by atoms with Gasteiger partial charge in [-0.2, -0.15) is 0 Å². The monoisotopic (exact) mass is 172 g/mol. The van der Waals surface area contributed by atoms with E-state index in [1.165, 1.54) is 5.28 Å². The first-order chi connectivity index (χ1) is 4.48. The van der Waals surface area contributed by atoms with Crippen LogP contribution in [0.2, 0.25) is 5.28 Å². The number of rotatable bonds is 3. The molecule has 0 saturated carbocycles. The zero-order valence-corrected chi connectivity index (χ0v) is 11.3. The van der Waals surface area contributed by atoms with Gasteiger partial charge in [0.25, 0.3) is 0 Å². The Morgan fingerprint density at radius 1 is 1.50 bits per heavy atom. The van der Waals surface area contributed by atoms with Gasteiger partial charge in [-0.15, -0.1) is 0 Å². The molecule has 58 valence electrons. The molecule has 0 heterocycles. The van der Waals surface area contributed by atoms with Crippen molar-refractivity contribution in [1.82, 2.24) is 0 Å². The van der Waals surface area contributed by atoms with Crippen molar-refractivity contribution in [3.8, 4) is 0 Å². The van der Waals surface area contributed by atoms with Gasteiger partial charge in [-0.3, -0.25) is 0 Å². The van der Waals surface area contributed by atoms with Crippen LogP contribution in [-0.4, -0.2) is 32.2 Å². The summed E-state index contributed by atoms with van der Waals surface area (Å²) >= 11 is 0.799. The van der Waals surface area contributed by atoms with Crippen LogP contribution in [0.25, 0.3) is 0 Å². The van der Waals surface area contributed by atoms with Gasteiger partial charge in [0.05, 0.1) is 0 Å². The first-order valence-electron chi connectivity index (χ1n) is 3.97. The van der Waals surface area contributed by atoms with Gasteiger partial charge >= 0.3 is 32.2 Å². The van der Waals surface area contributed by atoms with Gasteiger partial charge in [0, 0.05) is 0 Å². The van der Waals surface area contributed by atoms with Crippen molar-refractivity contribution in [1.29, 1.82) is 0 Å². The first kappa shape index (κ1) is 11.0. The van der Waals surface area contributed by atoms with Gasteiger partial charge in [-0.1, -0.05) is 33.0 Å². The van der Waals surface area contributed by atoms with E-state index >= 15 is 0 Å². The third kappa shape index (κ3) is 4.78. The van der Waals surface area contributed by atoms with Crippen LogP contribution in [-0.2, 0) is 2.84 Å². The van der Waals surface area contributed by atoms with Gasteiger partial charge < -0.3 is 2.84 Å². The Hall–Kier alpha value is 1.02. The minimum absolute atomic E-state index is 0.144. The molecule has 0 aromatic carbocycles. The molecule has 0 saturated heterocycles. The Balaban J connectivity index is 3.52. The Kier molecular flexibility index (Phi) is 5.31. The van der Waals surface area contributed by atoms with Gasteiger partial charge in [-0.05, 0) is 11.3 Å². The number of hydrogen-bond donors (Lipinski definition) is 0. The molecule has 0 aliphatic heterocycles. The van der Waals surface area contributed by atoms with E-state index < -0.39 is 0 Å². The Morgan fingerprint density at radius 2 is 2.00 bits per heavy atom. The summed E-state index contributed by atoms with van der Waals surface area (Å²) in [6.07, 6.45) is 0. The average molecular weight is 172 g/mol. The lowest BCUT2D eigenvalue weighted by Gasteiger charge is -2.26. The maximum Gasteiger partial charge on any atom is 0.404 e. The second-order valence-corrected chi connectivity index (χ2v) is 7.34. The van der Waals surface area contributed by atoms with E-state index in [2.05, 4.69) is 27.7 Å². The highest BCUT2D eigenvalue weighted by atomic mass is 27.2. The second-order valence-electron chi connectivity index (χ2n) is 4.05. The third-order valence-corrected chi connectivity index (χ3v) is 4.97. The minimum Gasteiger partial charge on any atom is -0.644 e. The van der Waals surface area contributed by atoms with Crippen LogP contribution in [0.5, 0.6) is 0 Å². The Bertz CT molecular complexity index is 88.1. The second kappa shape index (κ2) is 4.81. The number of hydrogen-bond acceptors (Lipinski definition) is 1. The van der Waals surface area contributed by atoms with Crippen molar-refractivity contribution in [2.75, 3.05) is 0 Å². The molecule has 0 bridgehead atoms. The van der Waals surface area contributed by atoms with Crippen LogP contribution in [0, 0.1) is 11.3 Å². The smallest absolute Gasteiger partial charge is 0.404 e. The van der Waals surface area contributed by atoms with Crippen LogP contribution in [0.4, 0.5) is 0 Å². The molecule has 1 nitrogen and oxygen atoms in total. The summed E-state index contributed by atoms with van der Waals surface area (Å²) in [5, 5.41) is 1.34. The first-order valence-corrected chi connectivity index (χ1v) is 6.37. The maximum absolute atomic E-state index is 5.29. The topological polar surface area (TPSA) is 9.23 Å². The highest BCUT2D eigenvalue weighted by Gasteiger charge is 2.19. The summed E-state index contributed by atoms with van der Waals surface area (Å²) in [6.45, 7) is 9.24. The van der Waals surface area contributed by atoms with E-state index in [0.717, 1.165) is 22.5 Å². The summed E-state index contributed by atoms with van der Waals surface area (Å²) < 4.78 is 5.29. The van der Waals surface area contributed by atoms with Crippen molar-refractivity contribution < 1.29 is 2.84 Å². The molecule has 3 heteroatoms. The standard InChI is InChI=1S/C7H15.2Al.O.3H/c1-6(2)7(3,4)5;;;;;;/h6H,1H2,2-5H3;;;;;;. The normalized spacial score (nSPS) is 14.8. The fourth-order valence-electron chi connectivity index (χ4n) is 0.728. The van der Waals surface area contributed by atoms with Gasteiger partial charge in [0.2, 0.25) is 0 Å². The van der Waals surface area contributed by atoms with Crippen molar-refractivity contribution in [2.45, 2.75) is 33.0 Å². The summed E-state index contributed by atoms with van der Waals surface area (Å²) in [7, 11) is 0. The molecule has 0 fully saturated rings. The van der Waals surface area contributed by atoms with E-state index in [9.17, 15) is 0 Å². The summed E-state index contributed by atoms with van der Waals surface area (Å²) in [5.74, 6) is 0.827.